The van der Waals surface area contributed by atoms with Crippen LogP contribution in [0.2, 0.25) is 0 Å². The Morgan fingerprint density at radius 1 is 1.06 bits per heavy atom. The van der Waals surface area contributed by atoms with Crippen LogP contribution in [0.25, 0.3) is 0 Å². The minimum atomic E-state index is 0.471. The smallest absolute Gasteiger partial charge is 0.144 e. The van der Waals surface area contributed by atoms with Gasteiger partial charge < -0.3 is 0 Å². The summed E-state index contributed by atoms with van der Waals surface area (Å²) >= 11 is 0. The highest BCUT2D eigenvalue weighted by atomic mass is 16.1. The third kappa shape index (κ3) is 1.26. The average molecular weight is 216 g/mol. The zero-order valence-corrected chi connectivity index (χ0v) is 9.73. The van der Waals surface area contributed by atoms with Crippen LogP contribution in [0.15, 0.2) is 30.3 Å². The summed E-state index contributed by atoms with van der Waals surface area (Å²) in [6.07, 6.45) is 3.98. The number of piperidine rings is 1. The van der Waals surface area contributed by atoms with Crippen molar-refractivity contribution >= 4 is 11.5 Å². The number of nitrogens with zero attached hydrogens (tertiary/aromatic N) is 1. The van der Waals surface area contributed by atoms with Gasteiger partial charge in [0.1, 0.15) is 23.6 Å². The third-order valence-corrected chi connectivity index (χ3v) is 4.59. The monoisotopic (exact) mass is 216 g/mol. The molecule has 0 radical (unpaired) electrons. The number of Topliss-reactive ketones (excluding diaryl/α,β-unsaturated/α-hetero) is 1. The van der Waals surface area contributed by atoms with Gasteiger partial charge in [0.15, 0.2) is 0 Å². The van der Waals surface area contributed by atoms with Gasteiger partial charge in [-0.2, -0.15) is 0 Å². The van der Waals surface area contributed by atoms with Crippen molar-refractivity contribution in [2.24, 2.45) is 0 Å². The van der Waals surface area contributed by atoms with E-state index >= 15 is 0 Å². The summed E-state index contributed by atoms with van der Waals surface area (Å²) in [5, 5.41) is 0. The normalized spacial score (nSPS) is 37.7. The lowest BCUT2D eigenvalue weighted by molar-refractivity contribution is -0.122. The van der Waals surface area contributed by atoms with Crippen LogP contribution in [-0.4, -0.2) is 24.9 Å². The number of para-hydroxylation sites is 1. The van der Waals surface area contributed by atoms with Crippen molar-refractivity contribution in [3.05, 3.63) is 30.3 Å². The lowest BCUT2D eigenvalue weighted by atomic mass is 9.97. The molecule has 0 spiro atoms. The molecular weight excluding hydrogens is 198 g/mol. The Balaban J connectivity index is 2.03. The topological polar surface area (TPSA) is 17.1 Å². The molecule has 84 valence electrons. The Kier molecular flexibility index (Phi) is 2.15. The molecule has 2 unspecified atom stereocenters. The Morgan fingerprint density at radius 3 is 2.19 bits per heavy atom. The van der Waals surface area contributed by atoms with E-state index in [9.17, 15) is 4.79 Å². The van der Waals surface area contributed by atoms with Crippen LogP contribution < -0.4 is 4.48 Å². The van der Waals surface area contributed by atoms with Gasteiger partial charge in [0.05, 0.1) is 19.9 Å². The lowest BCUT2D eigenvalue weighted by Gasteiger charge is -2.43. The van der Waals surface area contributed by atoms with E-state index in [2.05, 4.69) is 37.4 Å². The second-order valence-corrected chi connectivity index (χ2v) is 5.31. The molecule has 2 atom stereocenters. The van der Waals surface area contributed by atoms with E-state index < -0.39 is 0 Å². The molecule has 2 aliphatic heterocycles. The number of rotatable bonds is 1. The van der Waals surface area contributed by atoms with E-state index in [1.807, 2.05) is 0 Å². The first-order chi connectivity index (χ1) is 7.71. The molecule has 1 aromatic carbocycles. The van der Waals surface area contributed by atoms with E-state index in [0.717, 1.165) is 17.3 Å². The molecule has 0 aliphatic carbocycles. The summed E-state index contributed by atoms with van der Waals surface area (Å²) in [5.41, 5.74) is 1.38. The zero-order chi connectivity index (χ0) is 11.2. The van der Waals surface area contributed by atoms with Gasteiger partial charge in [-0.1, -0.05) is 18.2 Å². The van der Waals surface area contributed by atoms with Crippen molar-refractivity contribution in [2.75, 3.05) is 7.05 Å². The molecule has 2 nitrogen and oxygen atoms in total. The minimum absolute atomic E-state index is 0.471. The quantitative estimate of drug-likeness (QED) is 0.659. The van der Waals surface area contributed by atoms with Crippen molar-refractivity contribution in [1.29, 1.82) is 0 Å². The fraction of sp³-hybridized carbons (Fsp3) is 0.500. The maximum Gasteiger partial charge on any atom is 0.144 e. The summed E-state index contributed by atoms with van der Waals surface area (Å²) < 4.78 is 0.993. The third-order valence-electron chi connectivity index (χ3n) is 4.59. The number of quaternary nitrogens is 1. The number of ketones is 1. The minimum Gasteiger partial charge on any atom is -0.299 e. The molecule has 3 rings (SSSR count). The highest BCUT2D eigenvalue weighted by Crippen LogP contribution is 2.43. The maximum absolute atomic E-state index is 11.6. The van der Waals surface area contributed by atoms with Crippen LogP contribution in [0.1, 0.15) is 25.7 Å². The van der Waals surface area contributed by atoms with Gasteiger partial charge >= 0.3 is 0 Å². The first-order valence-corrected chi connectivity index (χ1v) is 6.14. The Labute approximate surface area is 96.5 Å². The summed E-state index contributed by atoms with van der Waals surface area (Å²) in [7, 11) is 2.31. The van der Waals surface area contributed by atoms with Crippen molar-refractivity contribution in [3.8, 4) is 0 Å². The highest BCUT2D eigenvalue weighted by Gasteiger charge is 2.52. The first kappa shape index (κ1) is 10.0. The van der Waals surface area contributed by atoms with E-state index in [1.54, 1.807) is 0 Å². The van der Waals surface area contributed by atoms with Crippen LogP contribution in [0.3, 0.4) is 0 Å². The molecule has 2 heterocycles. The number of fused-ring (bicyclic) bond motifs is 2. The fourth-order valence-corrected chi connectivity index (χ4v) is 3.58. The van der Waals surface area contributed by atoms with Crippen LogP contribution in [-0.2, 0) is 4.79 Å². The Hall–Kier alpha value is -1.15. The standard InChI is InChI=1S/C14H18NO/c1-15(11-5-3-2-4-6-11)12-7-8-13(15)10-14(16)9-12/h2-6,12-13H,7-10H2,1H3/q+1. The SMILES string of the molecule is C[N+]1(c2ccccc2)C2CCC1CC(=O)C2. The second kappa shape index (κ2) is 3.42. The van der Waals surface area contributed by atoms with Crippen LogP contribution in [0.5, 0.6) is 0 Å². The Morgan fingerprint density at radius 2 is 1.62 bits per heavy atom. The van der Waals surface area contributed by atoms with Crippen LogP contribution in [0, 0.1) is 0 Å². The average Bonchev–Trinajstić information content (AvgIpc) is 2.51. The van der Waals surface area contributed by atoms with Gasteiger partial charge in [-0.15, -0.1) is 0 Å². The molecular formula is C14H18NO+. The van der Waals surface area contributed by atoms with Gasteiger partial charge in [0.25, 0.3) is 0 Å². The summed E-state index contributed by atoms with van der Waals surface area (Å²) in [5.74, 6) is 0.471. The van der Waals surface area contributed by atoms with Crippen molar-refractivity contribution < 1.29 is 4.79 Å². The fourth-order valence-electron chi connectivity index (χ4n) is 3.58. The van der Waals surface area contributed by atoms with E-state index in [4.69, 9.17) is 0 Å². The largest absolute Gasteiger partial charge is 0.299 e. The lowest BCUT2D eigenvalue weighted by Crippen LogP contribution is -2.59. The van der Waals surface area contributed by atoms with E-state index in [0.29, 0.717) is 17.9 Å². The zero-order valence-electron chi connectivity index (χ0n) is 9.73. The predicted octanol–water partition coefficient (Wildman–Crippen LogP) is 2.52. The molecule has 16 heavy (non-hydrogen) atoms. The summed E-state index contributed by atoms with van der Waals surface area (Å²) in [6.45, 7) is 0. The van der Waals surface area contributed by atoms with Gasteiger partial charge in [0, 0.05) is 12.8 Å². The predicted molar refractivity (Wildman–Crippen MR) is 65.2 cm³/mol. The summed E-state index contributed by atoms with van der Waals surface area (Å²) in [6, 6.07) is 11.7. The molecule has 0 aromatic heterocycles. The highest BCUT2D eigenvalue weighted by molar-refractivity contribution is 5.82. The Bertz CT molecular complexity index is 396. The number of carbonyl (C=O) groups is 1. The van der Waals surface area contributed by atoms with Gasteiger partial charge in [0.2, 0.25) is 0 Å². The molecule has 0 amide bonds. The molecule has 2 saturated heterocycles. The van der Waals surface area contributed by atoms with Gasteiger partial charge in [-0.25, -0.2) is 0 Å². The maximum atomic E-state index is 11.6. The number of carbonyl (C=O) groups excluding carboxylic acids is 1. The van der Waals surface area contributed by atoms with E-state index in [1.165, 1.54) is 18.5 Å². The molecule has 2 heteroatoms. The van der Waals surface area contributed by atoms with Crippen molar-refractivity contribution in [1.82, 2.24) is 4.48 Å². The van der Waals surface area contributed by atoms with Crippen molar-refractivity contribution in [2.45, 2.75) is 37.8 Å². The molecule has 2 bridgehead atoms. The van der Waals surface area contributed by atoms with Gasteiger partial charge in [-0.05, 0) is 12.1 Å². The number of hydrogen-bond donors (Lipinski definition) is 0. The molecule has 1 aromatic rings. The molecule has 0 N–H and O–H groups in total. The van der Waals surface area contributed by atoms with Gasteiger partial charge in [-0.3, -0.25) is 9.28 Å². The molecule has 0 saturated carbocycles. The number of benzene rings is 1. The molecule has 2 fully saturated rings. The first-order valence-electron chi connectivity index (χ1n) is 6.14. The van der Waals surface area contributed by atoms with Crippen LogP contribution >= 0.6 is 0 Å². The summed E-state index contributed by atoms with van der Waals surface area (Å²) in [4.78, 5) is 11.6. The van der Waals surface area contributed by atoms with E-state index in [-0.39, 0.29) is 0 Å². The van der Waals surface area contributed by atoms with Crippen molar-refractivity contribution in [3.63, 3.8) is 0 Å². The second-order valence-electron chi connectivity index (χ2n) is 5.31. The molecule has 2 aliphatic rings. The van der Waals surface area contributed by atoms with Crippen LogP contribution in [0.4, 0.5) is 5.69 Å². The number of hydrogen-bond acceptors (Lipinski definition) is 1.